The standard InChI is InChI=1S/C14H20N2O/c1-3-11(4-2)10-16-13-8-6-5-7-12(13)15-9-14(16)17/h5-8,11,15H,3-4,9-10H2,1-2H3. The lowest BCUT2D eigenvalue weighted by molar-refractivity contribution is -0.117. The molecule has 0 bridgehead atoms. The molecule has 0 aromatic heterocycles. The minimum Gasteiger partial charge on any atom is -0.374 e. The maximum atomic E-state index is 12.0. The number of hydrogen-bond donors (Lipinski definition) is 1. The molecular weight excluding hydrogens is 212 g/mol. The van der Waals surface area contributed by atoms with Crippen LogP contribution in [0.3, 0.4) is 0 Å². The average Bonchev–Trinajstić information content (AvgIpc) is 2.38. The molecule has 0 spiro atoms. The summed E-state index contributed by atoms with van der Waals surface area (Å²) in [6.45, 7) is 5.63. The van der Waals surface area contributed by atoms with Crippen LogP contribution in [0.15, 0.2) is 24.3 Å². The van der Waals surface area contributed by atoms with Crippen molar-refractivity contribution < 1.29 is 4.79 Å². The Morgan fingerprint density at radius 2 is 2.00 bits per heavy atom. The highest BCUT2D eigenvalue weighted by atomic mass is 16.2. The highest BCUT2D eigenvalue weighted by Gasteiger charge is 2.24. The van der Waals surface area contributed by atoms with Gasteiger partial charge in [0.05, 0.1) is 17.9 Å². The first-order valence-electron chi connectivity index (χ1n) is 6.39. The van der Waals surface area contributed by atoms with Gasteiger partial charge in [-0.15, -0.1) is 0 Å². The van der Waals surface area contributed by atoms with Gasteiger partial charge in [-0.2, -0.15) is 0 Å². The molecule has 1 aliphatic rings. The van der Waals surface area contributed by atoms with Gasteiger partial charge < -0.3 is 10.2 Å². The quantitative estimate of drug-likeness (QED) is 0.865. The van der Waals surface area contributed by atoms with E-state index < -0.39 is 0 Å². The summed E-state index contributed by atoms with van der Waals surface area (Å²) in [6.07, 6.45) is 2.24. The summed E-state index contributed by atoms with van der Waals surface area (Å²) in [5.74, 6) is 0.765. The predicted molar refractivity (Wildman–Crippen MR) is 71.4 cm³/mol. The molecule has 3 heteroatoms. The summed E-state index contributed by atoms with van der Waals surface area (Å²) < 4.78 is 0. The van der Waals surface area contributed by atoms with E-state index in [9.17, 15) is 4.79 Å². The van der Waals surface area contributed by atoms with E-state index in [1.54, 1.807) is 0 Å². The van der Waals surface area contributed by atoms with E-state index in [2.05, 4.69) is 19.2 Å². The van der Waals surface area contributed by atoms with Gasteiger partial charge in [-0.3, -0.25) is 4.79 Å². The fourth-order valence-corrected chi connectivity index (χ4v) is 2.26. The van der Waals surface area contributed by atoms with Crippen molar-refractivity contribution in [1.82, 2.24) is 0 Å². The van der Waals surface area contributed by atoms with Crippen molar-refractivity contribution in [3.63, 3.8) is 0 Å². The van der Waals surface area contributed by atoms with Crippen LogP contribution in [0.25, 0.3) is 0 Å². The van der Waals surface area contributed by atoms with Gasteiger partial charge in [0, 0.05) is 6.54 Å². The minimum absolute atomic E-state index is 0.176. The highest BCUT2D eigenvalue weighted by molar-refractivity contribution is 6.02. The molecule has 2 rings (SSSR count). The Hall–Kier alpha value is -1.51. The second-order valence-electron chi connectivity index (χ2n) is 4.56. The van der Waals surface area contributed by atoms with Gasteiger partial charge in [0.2, 0.25) is 5.91 Å². The average molecular weight is 232 g/mol. The third-order valence-electron chi connectivity index (χ3n) is 3.52. The predicted octanol–water partition coefficient (Wildman–Crippen LogP) is 2.88. The molecule has 0 saturated carbocycles. The van der Waals surface area contributed by atoms with E-state index in [0.29, 0.717) is 12.5 Å². The van der Waals surface area contributed by atoms with E-state index in [4.69, 9.17) is 0 Å². The molecular formula is C14H20N2O. The van der Waals surface area contributed by atoms with Crippen LogP contribution in [-0.2, 0) is 4.79 Å². The summed E-state index contributed by atoms with van der Waals surface area (Å²) in [5.41, 5.74) is 2.09. The van der Waals surface area contributed by atoms with Crippen molar-refractivity contribution in [2.45, 2.75) is 26.7 Å². The summed E-state index contributed by atoms with van der Waals surface area (Å²) in [6, 6.07) is 8.03. The van der Waals surface area contributed by atoms with E-state index in [1.807, 2.05) is 29.2 Å². The van der Waals surface area contributed by atoms with Crippen LogP contribution in [0.1, 0.15) is 26.7 Å². The largest absolute Gasteiger partial charge is 0.374 e. The SMILES string of the molecule is CCC(CC)CN1C(=O)CNc2ccccc21. The van der Waals surface area contributed by atoms with E-state index in [0.717, 1.165) is 30.8 Å². The van der Waals surface area contributed by atoms with Crippen molar-refractivity contribution in [3.8, 4) is 0 Å². The van der Waals surface area contributed by atoms with Crippen LogP contribution in [0.5, 0.6) is 0 Å². The molecule has 0 atom stereocenters. The monoisotopic (exact) mass is 232 g/mol. The van der Waals surface area contributed by atoms with Crippen LogP contribution >= 0.6 is 0 Å². The van der Waals surface area contributed by atoms with Crippen LogP contribution in [0, 0.1) is 5.92 Å². The Labute approximate surface area is 103 Å². The van der Waals surface area contributed by atoms with E-state index >= 15 is 0 Å². The molecule has 0 radical (unpaired) electrons. The zero-order chi connectivity index (χ0) is 12.3. The molecule has 1 heterocycles. The minimum atomic E-state index is 0.176. The molecule has 3 nitrogen and oxygen atoms in total. The number of carbonyl (C=O) groups is 1. The normalized spacial score (nSPS) is 14.8. The van der Waals surface area contributed by atoms with E-state index in [1.165, 1.54) is 0 Å². The van der Waals surface area contributed by atoms with Gasteiger partial charge in [0.25, 0.3) is 0 Å². The number of hydrogen-bond acceptors (Lipinski definition) is 2. The molecule has 92 valence electrons. The number of para-hydroxylation sites is 2. The van der Waals surface area contributed by atoms with Gasteiger partial charge in [-0.05, 0) is 18.1 Å². The number of fused-ring (bicyclic) bond motifs is 1. The Morgan fingerprint density at radius 1 is 1.29 bits per heavy atom. The molecule has 1 aromatic rings. The number of rotatable bonds is 4. The first-order valence-corrected chi connectivity index (χ1v) is 6.39. The molecule has 0 saturated heterocycles. The molecule has 17 heavy (non-hydrogen) atoms. The number of nitrogens with one attached hydrogen (secondary N) is 1. The van der Waals surface area contributed by atoms with Crippen LogP contribution in [0.4, 0.5) is 11.4 Å². The summed E-state index contributed by atoms with van der Waals surface area (Å²) in [5, 5.41) is 3.16. The lowest BCUT2D eigenvalue weighted by atomic mass is 10.0. The summed E-state index contributed by atoms with van der Waals surface area (Å²) in [7, 11) is 0. The van der Waals surface area contributed by atoms with Gasteiger partial charge in [-0.25, -0.2) is 0 Å². The zero-order valence-electron chi connectivity index (χ0n) is 10.6. The lowest BCUT2D eigenvalue weighted by Crippen LogP contribution is -2.42. The molecule has 1 aliphatic heterocycles. The molecule has 1 aromatic carbocycles. The smallest absolute Gasteiger partial charge is 0.246 e. The lowest BCUT2D eigenvalue weighted by Gasteiger charge is -2.32. The number of carbonyl (C=O) groups excluding carboxylic acids is 1. The third kappa shape index (κ3) is 2.43. The maximum Gasteiger partial charge on any atom is 0.246 e. The first kappa shape index (κ1) is 12.0. The van der Waals surface area contributed by atoms with Crippen molar-refractivity contribution in [3.05, 3.63) is 24.3 Å². The Bertz CT molecular complexity index is 399. The first-order chi connectivity index (χ1) is 8.26. The van der Waals surface area contributed by atoms with Crippen molar-refractivity contribution in [2.75, 3.05) is 23.3 Å². The highest BCUT2D eigenvalue weighted by Crippen LogP contribution is 2.30. The van der Waals surface area contributed by atoms with Gasteiger partial charge >= 0.3 is 0 Å². The molecule has 1 N–H and O–H groups in total. The molecule has 0 fully saturated rings. The second kappa shape index (κ2) is 5.21. The van der Waals surface area contributed by atoms with Crippen LogP contribution in [-0.4, -0.2) is 19.0 Å². The van der Waals surface area contributed by atoms with Crippen LogP contribution < -0.4 is 10.2 Å². The van der Waals surface area contributed by atoms with Gasteiger partial charge in [0.15, 0.2) is 0 Å². The maximum absolute atomic E-state index is 12.0. The van der Waals surface area contributed by atoms with Crippen molar-refractivity contribution in [2.24, 2.45) is 5.92 Å². The Kier molecular flexibility index (Phi) is 3.67. The van der Waals surface area contributed by atoms with E-state index in [-0.39, 0.29) is 5.91 Å². The summed E-state index contributed by atoms with van der Waals surface area (Å²) >= 11 is 0. The molecule has 1 amide bonds. The van der Waals surface area contributed by atoms with Crippen molar-refractivity contribution >= 4 is 17.3 Å². The number of anilines is 2. The van der Waals surface area contributed by atoms with Crippen LogP contribution in [0.2, 0.25) is 0 Å². The van der Waals surface area contributed by atoms with Crippen molar-refractivity contribution in [1.29, 1.82) is 0 Å². The third-order valence-corrected chi connectivity index (χ3v) is 3.52. The number of amides is 1. The Morgan fingerprint density at radius 3 is 2.71 bits per heavy atom. The number of nitrogens with zero attached hydrogens (tertiary/aromatic N) is 1. The fraction of sp³-hybridized carbons (Fsp3) is 0.500. The second-order valence-corrected chi connectivity index (χ2v) is 4.56. The zero-order valence-corrected chi connectivity index (χ0v) is 10.6. The molecule has 0 unspecified atom stereocenters. The topological polar surface area (TPSA) is 32.3 Å². The van der Waals surface area contributed by atoms with Gasteiger partial charge in [0.1, 0.15) is 0 Å². The number of benzene rings is 1. The fourth-order valence-electron chi connectivity index (χ4n) is 2.26. The summed E-state index contributed by atoms with van der Waals surface area (Å²) in [4.78, 5) is 13.9. The Balaban J connectivity index is 2.23. The molecule has 0 aliphatic carbocycles. The van der Waals surface area contributed by atoms with Gasteiger partial charge in [-0.1, -0.05) is 38.8 Å².